The van der Waals surface area contributed by atoms with Crippen LogP contribution in [0.2, 0.25) is 0 Å². The van der Waals surface area contributed by atoms with Crippen LogP contribution in [0.3, 0.4) is 0 Å². The van der Waals surface area contributed by atoms with Crippen molar-refractivity contribution in [1.29, 1.82) is 0 Å². The van der Waals surface area contributed by atoms with Gasteiger partial charge in [0.1, 0.15) is 5.57 Å². The first-order valence-electron chi connectivity index (χ1n) is 4.85. The lowest BCUT2D eigenvalue weighted by molar-refractivity contribution is -0.140. The van der Waals surface area contributed by atoms with E-state index in [1.165, 1.54) is 23.5 Å². The molecule has 0 aromatic carbocycles. The van der Waals surface area contributed by atoms with Gasteiger partial charge in [-0.1, -0.05) is 0 Å². The number of nitrogens with zero attached hydrogens (tertiary/aromatic N) is 3. The number of esters is 1. The Morgan fingerprint density at radius 1 is 1.69 bits per heavy atom. The molecule has 6 nitrogen and oxygen atoms in total. The summed E-state index contributed by atoms with van der Waals surface area (Å²) in [6, 6.07) is 0. The molecule has 1 atom stereocenters. The number of rotatable bonds is 2. The van der Waals surface area contributed by atoms with Crippen molar-refractivity contribution in [2.45, 2.75) is 13.2 Å². The molecule has 0 radical (unpaired) electrons. The van der Waals surface area contributed by atoms with Gasteiger partial charge in [0.25, 0.3) is 0 Å². The Hall–Kier alpha value is -1.95. The fraction of sp³-hybridized carbons (Fsp3) is 0.300. The van der Waals surface area contributed by atoms with Crippen molar-refractivity contribution >= 4 is 18.0 Å². The molecule has 0 fully saturated rings. The Morgan fingerprint density at radius 2 is 2.50 bits per heavy atom. The summed E-state index contributed by atoms with van der Waals surface area (Å²) in [5.41, 5.74) is 0.116. The van der Waals surface area contributed by atoms with E-state index in [0.29, 0.717) is 5.84 Å². The third-order valence-electron chi connectivity index (χ3n) is 2.16. The predicted octanol–water partition coefficient (Wildman–Crippen LogP) is 0.0215. The van der Waals surface area contributed by atoms with Crippen molar-refractivity contribution in [3.63, 3.8) is 0 Å². The highest BCUT2D eigenvalue weighted by atomic mass is 16.5. The third kappa shape index (κ3) is 1.74. The van der Waals surface area contributed by atoms with E-state index in [2.05, 4.69) is 9.98 Å². The Kier molecular flexibility index (Phi) is 2.82. The summed E-state index contributed by atoms with van der Waals surface area (Å²) >= 11 is 0. The summed E-state index contributed by atoms with van der Waals surface area (Å²) in [5.74, 6) is -0.0724. The smallest absolute Gasteiger partial charge is 0.340 e. The lowest BCUT2D eigenvalue weighted by Crippen LogP contribution is -2.43. The molecule has 0 bridgehead atoms. The van der Waals surface area contributed by atoms with Crippen molar-refractivity contribution in [2.24, 2.45) is 9.98 Å². The van der Waals surface area contributed by atoms with Crippen LogP contribution < -0.4 is 0 Å². The van der Waals surface area contributed by atoms with Gasteiger partial charge in [0.2, 0.25) is 0 Å². The van der Waals surface area contributed by atoms with Gasteiger partial charge in [-0.15, -0.1) is 0 Å². The zero-order valence-corrected chi connectivity index (χ0v) is 8.70. The van der Waals surface area contributed by atoms with E-state index in [1.807, 2.05) is 0 Å². The number of hydrogen-bond acceptors (Lipinski definition) is 6. The van der Waals surface area contributed by atoms with E-state index in [-0.39, 0.29) is 12.2 Å². The molecule has 0 aliphatic carbocycles. The standard InChI is InChI=1S/C10H11N3O3/c1-2-16-10(15)7-5-12-8-6-11-3-4-13(8)9(7)14/h3-6,9,14H,2H2,1H3/t9-/m0/s1. The topological polar surface area (TPSA) is 74.5 Å². The summed E-state index contributed by atoms with van der Waals surface area (Å²) < 4.78 is 4.81. The number of aliphatic imine (C=N–C) groups is 2. The molecule has 0 unspecified atom stereocenters. The van der Waals surface area contributed by atoms with Crippen LogP contribution in [0.15, 0.2) is 34.2 Å². The number of ether oxygens (including phenoxy) is 1. The van der Waals surface area contributed by atoms with E-state index in [1.54, 1.807) is 13.1 Å². The predicted molar refractivity (Wildman–Crippen MR) is 57.6 cm³/mol. The van der Waals surface area contributed by atoms with Gasteiger partial charge in [0.05, 0.1) is 12.8 Å². The first-order chi connectivity index (χ1) is 7.74. The maximum Gasteiger partial charge on any atom is 0.340 e. The summed E-state index contributed by atoms with van der Waals surface area (Å²) in [7, 11) is 0. The zero-order chi connectivity index (χ0) is 11.5. The summed E-state index contributed by atoms with van der Waals surface area (Å²) in [4.78, 5) is 20.8. The van der Waals surface area contributed by atoms with Gasteiger partial charge < -0.3 is 9.84 Å². The molecule has 6 heteroatoms. The van der Waals surface area contributed by atoms with Crippen LogP contribution in [0.1, 0.15) is 6.92 Å². The van der Waals surface area contributed by atoms with Crippen molar-refractivity contribution < 1.29 is 14.6 Å². The zero-order valence-electron chi connectivity index (χ0n) is 8.70. The van der Waals surface area contributed by atoms with Gasteiger partial charge in [-0.05, 0) is 6.92 Å². The molecule has 0 saturated heterocycles. The first-order valence-corrected chi connectivity index (χ1v) is 4.85. The van der Waals surface area contributed by atoms with Crippen LogP contribution in [-0.4, -0.2) is 40.9 Å². The molecule has 0 aromatic rings. The minimum Gasteiger partial charge on any atom is -0.462 e. The normalized spacial score (nSPS) is 22.4. The molecule has 2 aliphatic heterocycles. The van der Waals surface area contributed by atoms with Gasteiger partial charge in [-0.3, -0.25) is 9.89 Å². The second-order valence-corrected chi connectivity index (χ2v) is 3.15. The summed E-state index contributed by atoms with van der Waals surface area (Å²) in [6.07, 6.45) is 4.79. The largest absolute Gasteiger partial charge is 0.462 e. The highest BCUT2D eigenvalue weighted by Crippen LogP contribution is 2.18. The number of aliphatic hydroxyl groups is 1. The van der Waals surface area contributed by atoms with Crippen LogP contribution in [0.4, 0.5) is 0 Å². The summed E-state index contributed by atoms with van der Waals surface area (Å²) in [5, 5.41) is 9.92. The van der Waals surface area contributed by atoms with Crippen molar-refractivity contribution in [2.75, 3.05) is 6.61 Å². The van der Waals surface area contributed by atoms with Crippen molar-refractivity contribution in [3.05, 3.63) is 24.2 Å². The molecule has 0 spiro atoms. The highest BCUT2D eigenvalue weighted by molar-refractivity contribution is 6.31. The monoisotopic (exact) mass is 221 g/mol. The maximum absolute atomic E-state index is 11.5. The van der Waals surface area contributed by atoms with E-state index >= 15 is 0 Å². The number of fused-ring (bicyclic) bond motifs is 1. The molecule has 0 saturated carbocycles. The Morgan fingerprint density at radius 3 is 3.25 bits per heavy atom. The van der Waals surface area contributed by atoms with Crippen molar-refractivity contribution in [1.82, 2.24) is 4.90 Å². The Bertz CT molecular complexity index is 423. The van der Waals surface area contributed by atoms with E-state index in [4.69, 9.17) is 4.74 Å². The molecule has 2 aliphatic rings. The molecule has 16 heavy (non-hydrogen) atoms. The number of carbonyl (C=O) groups is 1. The summed E-state index contributed by atoms with van der Waals surface area (Å²) in [6.45, 7) is 1.96. The molecule has 84 valence electrons. The van der Waals surface area contributed by atoms with Gasteiger partial charge >= 0.3 is 5.97 Å². The van der Waals surface area contributed by atoms with Crippen LogP contribution >= 0.6 is 0 Å². The van der Waals surface area contributed by atoms with Crippen LogP contribution in [0.25, 0.3) is 0 Å². The van der Waals surface area contributed by atoms with E-state index in [9.17, 15) is 9.90 Å². The van der Waals surface area contributed by atoms with Crippen LogP contribution in [-0.2, 0) is 9.53 Å². The molecular formula is C10H11N3O3. The number of carbonyl (C=O) groups excluding carboxylic acids is 1. The maximum atomic E-state index is 11.5. The minimum absolute atomic E-state index is 0.116. The molecule has 1 N–H and O–H groups in total. The lowest BCUT2D eigenvalue weighted by Gasteiger charge is -2.30. The Balaban J connectivity index is 2.25. The molecular weight excluding hydrogens is 210 g/mol. The van der Waals surface area contributed by atoms with Gasteiger partial charge in [0.15, 0.2) is 12.1 Å². The fourth-order valence-electron chi connectivity index (χ4n) is 1.39. The van der Waals surface area contributed by atoms with E-state index < -0.39 is 12.2 Å². The number of aliphatic hydroxyl groups excluding tert-OH is 1. The quantitative estimate of drug-likeness (QED) is 0.667. The molecule has 0 aromatic heterocycles. The second-order valence-electron chi connectivity index (χ2n) is 3.15. The fourth-order valence-corrected chi connectivity index (χ4v) is 1.39. The van der Waals surface area contributed by atoms with Crippen molar-refractivity contribution in [3.8, 4) is 0 Å². The van der Waals surface area contributed by atoms with E-state index in [0.717, 1.165) is 0 Å². The minimum atomic E-state index is -1.07. The van der Waals surface area contributed by atoms with Crippen LogP contribution in [0, 0.1) is 0 Å². The third-order valence-corrected chi connectivity index (χ3v) is 2.16. The average Bonchev–Trinajstić information content (AvgIpc) is 2.30. The highest BCUT2D eigenvalue weighted by Gasteiger charge is 2.30. The van der Waals surface area contributed by atoms with Gasteiger partial charge in [-0.25, -0.2) is 9.79 Å². The molecule has 2 rings (SSSR count). The SMILES string of the molecule is CCOC(=O)C1=CN=C2C=NC=CN2[C@H]1O. The molecule has 2 heterocycles. The lowest BCUT2D eigenvalue weighted by atomic mass is 10.2. The molecule has 0 amide bonds. The first kappa shape index (κ1) is 10.6. The van der Waals surface area contributed by atoms with Gasteiger partial charge in [-0.2, -0.15) is 0 Å². The number of hydrogen-bond donors (Lipinski definition) is 1. The Labute approximate surface area is 92.3 Å². The van der Waals surface area contributed by atoms with Crippen LogP contribution in [0.5, 0.6) is 0 Å². The number of amidine groups is 1. The average molecular weight is 221 g/mol. The van der Waals surface area contributed by atoms with Gasteiger partial charge in [0, 0.05) is 18.6 Å². The second kappa shape index (κ2) is 4.28.